The molecule has 0 amide bonds. The fourth-order valence-electron chi connectivity index (χ4n) is 5.76. The standard InChI is InChI=1S/C29H34O10/c1-29(2)17-9-13(4-8-19-22(32)25(35)23(33)20(11-30)38-19)3-6-15(17)16-7-5-14(10-18(16)29)28-27(37)26(36)24(34)21(12-31)39-28/h3,5-7,9-10,19-28,30-37H,11-12H2,1-2H3/t19-,20-,21-,22-,23-,24-,25-,26+,27+,28-/m1/s1. The fourth-order valence-corrected chi connectivity index (χ4v) is 5.76. The number of rotatable bonds is 3. The van der Waals surface area contributed by atoms with Crippen molar-refractivity contribution in [3.8, 4) is 23.0 Å². The van der Waals surface area contributed by atoms with Gasteiger partial charge in [0.2, 0.25) is 0 Å². The van der Waals surface area contributed by atoms with Crippen molar-refractivity contribution in [3.63, 3.8) is 0 Å². The van der Waals surface area contributed by atoms with E-state index in [-0.39, 0.29) is 0 Å². The molecule has 8 N–H and O–H groups in total. The molecule has 0 unspecified atom stereocenters. The van der Waals surface area contributed by atoms with Crippen LogP contribution in [0.3, 0.4) is 0 Å². The van der Waals surface area contributed by atoms with Crippen molar-refractivity contribution in [1.29, 1.82) is 0 Å². The summed E-state index contributed by atoms with van der Waals surface area (Å²) in [6.07, 6.45) is -12.7. The van der Waals surface area contributed by atoms with Gasteiger partial charge in [-0.25, -0.2) is 0 Å². The van der Waals surface area contributed by atoms with Crippen LogP contribution >= 0.6 is 0 Å². The van der Waals surface area contributed by atoms with Gasteiger partial charge in [0.1, 0.15) is 61.0 Å². The van der Waals surface area contributed by atoms with Crippen LogP contribution in [0.2, 0.25) is 0 Å². The van der Waals surface area contributed by atoms with Gasteiger partial charge < -0.3 is 50.3 Å². The summed E-state index contributed by atoms with van der Waals surface area (Å²) in [6.45, 7) is 3.06. The van der Waals surface area contributed by atoms with E-state index in [9.17, 15) is 40.9 Å². The predicted octanol–water partition coefficient (Wildman–Crippen LogP) is -1.30. The molecule has 0 bridgehead atoms. The third-order valence-corrected chi connectivity index (χ3v) is 8.17. The van der Waals surface area contributed by atoms with E-state index >= 15 is 0 Å². The summed E-state index contributed by atoms with van der Waals surface area (Å²) in [6, 6.07) is 11.3. The van der Waals surface area contributed by atoms with Crippen LogP contribution in [0.1, 0.15) is 42.2 Å². The highest BCUT2D eigenvalue weighted by Crippen LogP contribution is 2.50. The summed E-state index contributed by atoms with van der Waals surface area (Å²) in [5, 5.41) is 80.2. The van der Waals surface area contributed by atoms with Crippen molar-refractivity contribution in [1.82, 2.24) is 0 Å². The summed E-state index contributed by atoms with van der Waals surface area (Å²) in [4.78, 5) is 0. The molecule has 10 heteroatoms. The Hall–Kier alpha value is -2.40. The van der Waals surface area contributed by atoms with E-state index in [0.29, 0.717) is 11.1 Å². The molecule has 0 saturated carbocycles. The quantitative estimate of drug-likeness (QED) is 0.217. The van der Waals surface area contributed by atoms with Crippen LogP contribution < -0.4 is 0 Å². The SMILES string of the molecule is CC1(C)c2cc(C#C[C@H]3O[C@H](CO)[C@@H](O)[C@H](O)[C@@H]3O)ccc2-c2ccc([C@H]3O[C@H](CO)[C@@H](O)[C@H](O)[C@@H]3O)cc21. The number of hydrogen-bond acceptors (Lipinski definition) is 10. The summed E-state index contributed by atoms with van der Waals surface area (Å²) < 4.78 is 11.2. The predicted molar refractivity (Wildman–Crippen MR) is 137 cm³/mol. The molecule has 1 aliphatic carbocycles. The summed E-state index contributed by atoms with van der Waals surface area (Å²) in [7, 11) is 0. The largest absolute Gasteiger partial charge is 0.394 e. The first-order valence-corrected chi connectivity index (χ1v) is 12.9. The molecule has 10 atom stereocenters. The minimum absolute atomic E-state index is 0.477. The van der Waals surface area contributed by atoms with Gasteiger partial charge in [0, 0.05) is 11.0 Å². The van der Waals surface area contributed by atoms with Gasteiger partial charge in [0.25, 0.3) is 0 Å². The van der Waals surface area contributed by atoms with E-state index < -0.39 is 79.7 Å². The van der Waals surface area contributed by atoms with Gasteiger partial charge in [-0.1, -0.05) is 50.0 Å². The maximum absolute atomic E-state index is 10.6. The molecular weight excluding hydrogens is 508 g/mol. The zero-order valence-electron chi connectivity index (χ0n) is 21.5. The Balaban J connectivity index is 1.43. The van der Waals surface area contributed by atoms with Crippen molar-refractivity contribution in [3.05, 3.63) is 58.7 Å². The molecule has 5 rings (SSSR count). The molecule has 2 heterocycles. The van der Waals surface area contributed by atoms with Crippen LogP contribution in [0.25, 0.3) is 11.1 Å². The lowest BCUT2D eigenvalue weighted by Crippen LogP contribution is -2.58. The number of hydrogen-bond donors (Lipinski definition) is 8. The normalized spacial score (nSPS) is 37.0. The van der Waals surface area contributed by atoms with Gasteiger partial charge in [-0.05, 0) is 39.9 Å². The maximum atomic E-state index is 10.6. The van der Waals surface area contributed by atoms with Crippen molar-refractivity contribution in [2.75, 3.05) is 13.2 Å². The molecule has 2 saturated heterocycles. The number of benzene rings is 2. The minimum Gasteiger partial charge on any atom is -0.394 e. The number of aliphatic hydroxyl groups is 8. The van der Waals surface area contributed by atoms with Gasteiger partial charge in [-0.15, -0.1) is 0 Å². The second-order valence-corrected chi connectivity index (χ2v) is 11.0. The second-order valence-electron chi connectivity index (χ2n) is 11.0. The van der Waals surface area contributed by atoms with E-state index in [1.807, 2.05) is 44.2 Å². The smallest absolute Gasteiger partial charge is 0.147 e. The van der Waals surface area contributed by atoms with E-state index in [1.165, 1.54) is 0 Å². The lowest BCUT2D eigenvalue weighted by atomic mass is 9.80. The molecular formula is C29H34O10. The van der Waals surface area contributed by atoms with E-state index in [1.54, 1.807) is 6.07 Å². The summed E-state index contributed by atoms with van der Waals surface area (Å²) >= 11 is 0. The number of fused-ring (bicyclic) bond motifs is 3. The summed E-state index contributed by atoms with van der Waals surface area (Å²) in [5.41, 5.74) is 4.70. The molecule has 2 fully saturated rings. The van der Waals surface area contributed by atoms with Gasteiger partial charge in [-0.3, -0.25) is 0 Å². The highest BCUT2D eigenvalue weighted by atomic mass is 16.5. The Bertz CT molecular complexity index is 1280. The molecule has 2 aromatic carbocycles. The molecule has 210 valence electrons. The Kier molecular flexibility index (Phi) is 7.60. The Labute approximate surface area is 225 Å². The van der Waals surface area contributed by atoms with Crippen molar-refractivity contribution in [2.45, 2.75) is 80.3 Å². The van der Waals surface area contributed by atoms with Gasteiger partial charge in [-0.2, -0.15) is 0 Å². The highest BCUT2D eigenvalue weighted by Gasteiger charge is 2.45. The zero-order chi connectivity index (χ0) is 28.2. The fraction of sp³-hybridized carbons (Fsp3) is 0.517. The van der Waals surface area contributed by atoms with E-state index in [4.69, 9.17) is 9.47 Å². The maximum Gasteiger partial charge on any atom is 0.147 e. The summed E-state index contributed by atoms with van der Waals surface area (Å²) in [5.74, 6) is 5.77. The number of aliphatic hydroxyl groups excluding tert-OH is 8. The highest BCUT2D eigenvalue weighted by molar-refractivity contribution is 5.81. The van der Waals surface area contributed by atoms with E-state index in [0.717, 1.165) is 22.3 Å². The van der Waals surface area contributed by atoms with Crippen LogP contribution in [0.4, 0.5) is 0 Å². The average Bonchev–Trinajstić information content (AvgIpc) is 3.16. The van der Waals surface area contributed by atoms with Crippen LogP contribution in [0.15, 0.2) is 36.4 Å². The monoisotopic (exact) mass is 542 g/mol. The molecule has 39 heavy (non-hydrogen) atoms. The topological polar surface area (TPSA) is 180 Å². The average molecular weight is 543 g/mol. The molecule has 10 nitrogen and oxygen atoms in total. The molecule has 2 aliphatic heterocycles. The molecule has 2 aromatic rings. The lowest BCUT2D eigenvalue weighted by molar-refractivity contribution is -0.231. The van der Waals surface area contributed by atoms with Crippen LogP contribution in [0.5, 0.6) is 0 Å². The molecule has 0 aromatic heterocycles. The second kappa shape index (κ2) is 10.5. The third kappa shape index (κ3) is 4.69. The lowest BCUT2D eigenvalue weighted by Gasteiger charge is -2.40. The molecule has 0 radical (unpaired) electrons. The zero-order valence-corrected chi connectivity index (χ0v) is 21.5. The number of ether oxygens (including phenoxy) is 2. The van der Waals surface area contributed by atoms with Crippen LogP contribution in [-0.4, -0.2) is 109 Å². The van der Waals surface area contributed by atoms with Gasteiger partial charge >= 0.3 is 0 Å². The van der Waals surface area contributed by atoms with Gasteiger partial charge in [0.15, 0.2) is 0 Å². The first-order chi connectivity index (χ1) is 18.5. The van der Waals surface area contributed by atoms with Crippen LogP contribution in [-0.2, 0) is 14.9 Å². The van der Waals surface area contributed by atoms with Crippen molar-refractivity contribution in [2.24, 2.45) is 0 Å². The van der Waals surface area contributed by atoms with E-state index in [2.05, 4.69) is 11.8 Å². The first kappa shape index (κ1) is 28.1. The van der Waals surface area contributed by atoms with Gasteiger partial charge in [0.05, 0.1) is 13.2 Å². The van der Waals surface area contributed by atoms with Crippen molar-refractivity contribution < 1.29 is 50.3 Å². The minimum atomic E-state index is -1.50. The first-order valence-electron chi connectivity index (χ1n) is 12.9. The Morgan fingerprint density at radius 3 is 1.90 bits per heavy atom. The molecule has 3 aliphatic rings. The van der Waals surface area contributed by atoms with Crippen LogP contribution in [0, 0.1) is 11.8 Å². The Morgan fingerprint density at radius 2 is 1.26 bits per heavy atom. The Morgan fingerprint density at radius 1 is 0.692 bits per heavy atom. The van der Waals surface area contributed by atoms with Crippen molar-refractivity contribution >= 4 is 0 Å². The molecule has 0 spiro atoms. The third-order valence-electron chi connectivity index (χ3n) is 8.17.